The third kappa shape index (κ3) is 4.38. The molecule has 3 N–H and O–H groups in total. The van der Waals surface area contributed by atoms with Crippen LogP contribution in [-0.4, -0.2) is 11.0 Å². The molecule has 0 aliphatic carbocycles. The average molecular weight is 320 g/mol. The SMILES string of the molecule is NOC(=O)c1cscc2ccccc2coccc(=S)[nH]1. The van der Waals surface area contributed by atoms with Crippen LogP contribution in [0.25, 0.3) is 10.8 Å². The summed E-state index contributed by atoms with van der Waals surface area (Å²) in [5, 5.41) is 5.31. The molecule has 1 aromatic carbocycles. The van der Waals surface area contributed by atoms with E-state index in [0.29, 0.717) is 4.64 Å². The largest absolute Gasteiger partial charge is 0.472 e. The van der Waals surface area contributed by atoms with Crippen molar-refractivity contribution in [1.29, 1.82) is 0 Å². The van der Waals surface area contributed by atoms with E-state index in [2.05, 4.69) is 9.82 Å². The van der Waals surface area contributed by atoms with Crippen molar-refractivity contribution in [3.8, 4) is 0 Å². The first kappa shape index (κ1) is 15.2. The zero-order chi connectivity index (χ0) is 15.1. The Kier molecular flexibility index (Phi) is 5.44. The lowest BCUT2D eigenvalue weighted by molar-refractivity contribution is 0.0497. The Bertz CT molecular complexity index is 805. The zero-order valence-corrected chi connectivity index (χ0v) is 12.4. The fourth-order valence-electron chi connectivity index (χ4n) is 1.48. The number of aromatic nitrogens is 1. The second-order valence-corrected chi connectivity index (χ2v) is 5.05. The number of benzene rings is 1. The van der Waals surface area contributed by atoms with E-state index < -0.39 is 5.97 Å². The van der Waals surface area contributed by atoms with Crippen LogP contribution in [0.3, 0.4) is 0 Å². The zero-order valence-electron chi connectivity index (χ0n) is 10.8. The van der Waals surface area contributed by atoms with E-state index in [1.54, 1.807) is 11.6 Å². The third-order valence-corrected chi connectivity index (χ3v) is 3.45. The number of aromatic amines is 1. The second kappa shape index (κ2) is 7.53. The first-order valence-corrected chi connectivity index (χ1v) is 7.21. The van der Waals surface area contributed by atoms with E-state index >= 15 is 0 Å². The number of nitrogens with one attached hydrogen (secondary N) is 1. The molecular weight excluding hydrogens is 308 g/mol. The van der Waals surface area contributed by atoms with Crippen LogP contribution >= 0.6 is 23.6 Å². The lowest BCUT2D eigenvalue weighted by atomic mass is 10.2. The smallest absolute Gasteiger partial charge is 0.374 e. The highest BCUT2D eigenvalue weighted by molar-refractivity contribution is 7.71. The van der Waals surface area contributed by atoms with Crippen molar-refractivity contribution in [1.82, 2.24) is 4.98 Å². The lowest BCUT2D eigenvalue weighted by Crippen LogP contribution is -2.10. The van der Waals surface area contributed by atoms with Crippen LogP contribution in [0.5, 0.6) is 0 Å². The number of carbonyl (C=O) groups excluding carboxylic acids is 1. The van der Waals surface area contributed by atoms with Crippen LogP contribution in [0.15, 0.2) is 58.0 Å². The molecule has 1 heterocycles. The summed E-state index contributed by atoms with van der Waals surface area (Å²) in [5.74, 6) is 4.20. The summed E-state index contributed by atoms with van der Waals surface area (Å²) in [6, 6.07) is 9.19. The maximum atomic E-state index is 11.5. The van der Waals surface area contributed by atoms with Gasteiger partial charge in [0.2, 0.25) is 0 Å². The van der Waals surface area contributed by atoms with Gasteiger partial charge in [0, 0.05) is 16.8 Å². The Balaban J connectivity index is 2.76. The molecule has 0 spiro atoms. The topological polar surface area (TPSA) is 81.2 Å². The van der Waals surface area contributed by atoms with Gasteiger partial charge in [0.15, 0.2) is 0 Å². The summed E-state index contributed by atoms with van der Waals surface area (Å²) in [4.78, 5) is 18.5. The summed E-state index contributed by atoms with van der Waals surface area (Å²) >= 11 is 6.36. The molecule has 21 heavy (non-hydrogen) atoms. The van der Waals surface area contributed by atoms with Gasteiger partial charge in [0.1, 0.15) is 10.3 Å². The number of carbonyl (C=O) groups is 1. The molecule has 1 aromatic heterocycles. The molecule has 0 aliphatic rings. The number of fused-ring (bicyclic) bond motifs is 1. The molecular formula is C14H12N2O3S2. The van der Waals surface area contributed by atoms with E-state index in [-0.39, 0.29) is 5.69 Å². The van der Waals surface area contributed by atoms with Crippen LogP contribution in [0.2, 0.25) is 0 Å². The van der Waals surface area contributed by atoms with Gasteiger partial charge in [0.05, 0.1) is 12.5 Å². The third-order valence-electron chi connectivity index (χ3n) is 2.45. The fraction of sp³-hybridized carbons (Fsp3) is 0. The number of hydrogen-bond acceptors (Lipinski definition) is 6. The van der Waals surface area contributed by atoms with E-state index in [1.807, 2.05) is 29.6 Å². The molecule has 108 valence electrons. The lowest BCUT2D eigenvalue weighted by Gasteiger charge is -1.94. The molecule has 0 saturated heterocycles. The Morgan fingerprint density at radius 1 is 1.24 bits per heavy atom. The van der Waals surface area contributed by atoms with Gasteiger partial charge in [-0.1, -0.05) is 36.5 Å². The van der Waals surface area contributed by atoms with Crippen molar-refractivity contribution in [2.75, 3.05) is 0 Å². The Morgan fingerprint density at radius 2 is 2.00 bits per heavy atom. The maximum absolute atomic E-state index is 11.5. The van der Waals surface area contributed by atoms with Crippen molar-refractivity contribution in [3.63, 3.8) is 0 Å². The summed E-state index contributed by atoms with van der Waals surface area (Å²) in [5.41, 5.74) is 0.149. The normalized spacial score (nSPS) is 9.57. The number of rotatable bonds is 1. The van der Waals surface area contributed by atoms with Crippen LogP contribution in [0.4, 0.5) is 0 Å². The Labute approximate surface area is 129 Å². The average Bonchev–Trinajstić information content (AvgIpc) is 2.49. The highest BCUT2D eigenvalue weighted by Crippen LogP contribution is 2.11. The molecule has 2 rings (SSSR count). The first-order chi connectivity index (χ1) is 10.2. The molecule has 0 saturated carbocycles. The molecule has 0 amide bonds. The van der Waals surface area contributed by atoms with Crippen LogP contribution in [0.1, 0.15) is 10.5 Å². The van der Waals surface area contributed by atoms with E-state index in [0.717, 1.165) is 10.8 Å². The van der Waals surface area contributed by atoms with Gasteiger partial charge in [0.25, 0.3) is 0 Å². The first-order valence-electron chi connectivity index (χ1n) is 5.86. The quantitative estimate of drug-likeness (QED) is 0.616. The molecule has 0 atom stereocenters. The Morgan fingerprint density at radius 3 is 2.76 bits per heavy atom. The molecule has 0 radical (unpaired) electrons. The van der Waals surface area contributed by atoms with Gasteiger partial charge in [-0.3, -0.25) is 0 Å². The van der Waals surface area contributed by atoms with Gasteiger partial charge < -0.3 is 14.2 Å². The Hall–Kier alpha value is -2.22. The van der Waals surface area contributed by atoms with Gasteiger partial charge in [-0.25, -0.2) is 4.79 Å². The number of hydrogen-bond donors (Lipinski definition) is 2. The number of nitrogens with two attached hydrogens (primary N) is 1. The van der Waals surface area contributed by atoms with Crippen LogP contribution in [-0.2, 0) is 4.84 Å². The summed E-state index contributed by atoms with van der Waals surface area (Å²) < 4.78 is 5.60. The molecule has 7 heteroatoms. The predicted octanol–water partition coefficient (Wildman–Crippen LogP) is 3.83. The highest BCUT2D eigenvalue weighted by atomic mass is 32.1. The standard InChI is InChI=1S/C14H12N2O3S2/c15-19-14(17)12-9-21-8-11-4-2-1-3-10(11)7-18-6-5-13(20)16-12/h1-9H,15H2,(H,16,20). The van der Waals surface area contributed by atoms with Crippen molar-refractivity contribution < 1.29 is 14.0 Å². The molecule has 0 aliphatic heterocycles. The molecule has 5 nitrogen and oxygen atoms in total. The van der Waals surface area contributed by atoms with Crippen LogP contribution in [0, 0.1) is 4.64 Å². The van der Waals surface area contributed by atoms with Gasteiger partial charge in [-0.05, 0) is 10.8 Å². The van der Waals surface area contributed by atoms with Crippen molar-refractivity contribution >= 4 is 40.3 Å². The monoisotopic (exact) mass is 320 g/mol. The second-order valence-electron chi connectivity index (χ2n) is 3.87. The van der Waals surface area contributed by atoms with Crippen molar-refractivity contribution in [2.45, 2.75) is 0 Å². The van der Waals surface area contributed by atoms with Crippen molar-refractivity contribution in [2.24, 2.45) is 5.90 Å². The van der Waals surface area contributed by atoms with Gasteiger partial charge in [-0.2, -0.15) is 5.90 Å². The van der Waals surface area contributed by atoms with Gasteiger partial charge >= 0.3 is 5.97 Å². The molecule has 0 fully saturated rings. The van der Waals surface area contributed by atoms with Crippen molar-refractivity contribution in [3.05, 3.63) is 64.0 Å². The minimum Gasteiger partial charge on any atom is -0.472 e. The van der Waals surface area contributed by atoms with E-state index in [1.165, 1.54) is 23.7 Å². The molecule has 2 aromatic rings. The minimum atomic E-state index is -0.704. The van der Waals surface area contributed by atoms with E-state index in [9.17, 15) is 4.79 Å². The molecule has 0 unspecified atom stereocenters. The molecule has 0 bridgehead atoms. The maximum Gasteiger partial charge on any atom is 0.374 e. The summed E-state index contributed by atoms with van der Waals surface area (Å²) in [6.07, 6.45) is 3.04. The van der Waals surface area contributed by atoms with Gasteiger partial charge in [-0.15, -0.1) is 11.3 Å². The highest BCUT2D eigenvalue weighted by Gasteiger charge is 2.03. The summed E-state index contributed by atoms with van der Waals surface area (Å²) in [6.45, 7) is 0. The van der Waals surface area contributed by atoms with E-state index in [4.69, 9.17) is 22.5 Å². The fourth-order valence-corrected chi connectivity index (χ4v) is 2.37. The van der Waals surface area contributed by atoms with Crippen LogP contribution < -0.4 is 5.90 Å². The minimum absolute atomic E-state index is 0.149. The predicted molar refractivity (Wildman–Crippen MR) is 84.1 cm³/mol. The number of H-pyrrole nitrogens is 1. The summed E-state index contributed by atoms with van der Waals surface area (Å²) in [7, 11) is 0.